The summed E-state index contributed by atoms with van der Waals surface area (Å²) in [7, 11) is 0. The van der Waals surface area contributed by atoms with Gasteiger partial charge in [-0.25, -0.2) is 4.79 Å². The van der Waals surface area contributed by atoms with Crippen LogP contribution >= 0.6 is 31.9 Å². The van der Waals surface area contributed by atoms with Gasteiger partial charge in [0.15, 0.2) is 0 Å². The van der Waals surface area contributed by atoms with E-state index < -0.39 is 0 Å². The summed E-state index contributed by atoms with van der Waals surface area (Å²) in [5.74, 6) is 0.277. The van der Waals surface area contributed by atoms with Gasteiger partial charge in [-0.2, -0.15) is 0 Å². The van der Waals surface area contributed by atoms with Crippen molar-refractivity contribution in [3.63, 3.8) is 0 Å². The van der Waals surface area contributed by atoms with E-state index in [1.54, 1.807) is 18.2 Å². The predicted molar refractivity (Wildman–Crippen MR) is 93.1 cm³/mol. The highest BCUT2D eigenvalue weighted by atomic mass is 79.9. The van der Waals surface area contributed by atoms with E-state index in [1.165, 1.54) is 6.08 Å². The molecule has 0 fully saturated rings. The molecule has 0 aliphatic rings. The highest BCUT2D eigenvalue weighted by Gasteiger charge is 2.10. The van der Waals surface area contributed by atoms with E-state index in [0.717, 1.165) is 10.0 Å². The Balaban J connectivity index is 2.03. The van der Waals surface area contributed by atoms with Gasteiger partial charge >= 0.3 is 5.97 Å². The largest absolute Gasteiger partial charge is 0.488 e. The molecule has 0 radical (unpaired) electrons. The normalized spacial score (nSPS) is 10.1. The van der Waals surface area contributed by atoms with Crippen molar-refractivity contribution >= 4 is 37.8 Å². The molecule has 0 unspecified atom stereocenters. The van der Waals surface area contributed by atoms with Gasteiger partial charge in [0, 0.05) is 4.47 Å². The lowest BCUT2D eigenvalue weighted by Crippen LogP contribution is -2.05. The molecule has 0 bridgehead atoms. The summed E-state index contributed by atoms with van der Waals surface area (Å²) in [6, 6.07) is 13.0. The van der Waals surface area contributed by atoms with Crippen LogP contribution in [0.1, 0.15) is 15.9 Å². The van der Waals surface area contributed by atoms with Crippen LogP contribution in [0, 0.1) is 0 Å². The van der Waals surface area contributed by atoms with Gasteiger partial charge in [0.2, 0.25) is 0 Å². The molecule has 0 aliphatic heterocycles. The molecular formula is C17H14Br2O3. The number of hydrogen-bond donors (Lipinski definition) is 0. The molecule has 2 aromatic carbocycles. The molecule has 0 aliphatic carbocycles. The Morgan fingerprint density at radius 3 is 2.68 bits per heavy atom. The van der Waals surface area contributed by atoms with E-state index in [1.807, 2.05) is 24.3 Å². The van der Waals surface area contributed by atoms with E-state index >= 15 is 0 Å². The van der Waals surface area contributed by atoms with E-state index in [0.29, 0.717) is 22.4 Å². The van der Waals surface area contributed by atoms with Crippen molar-refractivity contribution in [2.45, 2.75) is 6.61 Å². The van der Waals surface area contributed by atoms with Crippen LogP contribution in [0.5, 0.6) is 5.75 Å². The van der Waals surface area contributed by atoms with Gasteiger partial charge in [-0.1, -0.05) is 40.7 Å². The van der Waals surface area contributed by atoms with Crippen molar-refractivity contribution in [3.05, 3.63) is 75.2 Å². The molecule has 0 aromatic heterocycles. The van der Waals surface area contributed by atoms with Crippen molar-refractivity contribution in [1.29, 1.82) is 0 Å². The minimum Gasteiger partial charge on any atom is -0.488 e. The van der Waals surface area contributed by atoms with Gasteiger partial charge < -0.3 is 9.47 Å². The first kappa shape index (κ1) is 16.8. The van der Waals surface area contributed by atoms with Gasteiger partial charge in [-0.15, -0.1) is 0 Å². The molecule has 5 heteroatoms. The number of carbonyl (C=O) groups is 1. The summed E-state index contributed by atoms with van der Waals surface area (Å²) in [4.78, 5) is 11.7. The minimum absolute atomic E-state index is 0.192. The van der Waals surface area contributed by atoms with Crippen LogP contribution in [0.15, 0.2) is 64.1 Å². The van der Waals surface area contributed by atoms with Crippen molar-refractivity contribution < 1.29 is 14.3 Å². The Morgan fingerprint density at radius 2 is 2.00 bits per heavy atom. The molecule has 0 atom stereocenters. The number of rotatable bonds is 6. The standard InChI is InChI=1S/C17H14Br2O3/c1-2-8-21-17(20)13-6-7-16(15(19)10-13)22-11-12-4-3-5-14(18)9-12/h2-7,9-10H,1,8,11H2. The molecule has 2 rings (SSSR count). The van der Waals surface area contributed by atoms with Crippen LogP contribution in [0.2, 0.25) is 0 Å². The topological polar surface area (TPSA) is 35.5 Å². The summed E-state index contributed by atoms with van der Waals surface area (Å²) in [6.07, 6.45) is 1.53. The average Bonchev–Trinajstić information content (AvgIpc) is 2.51. The fourth-order valence-corrected chi connectivity index (χ4v) is 2.69. The first-order chi connectivity index (χ1) is 10.6. The Bertz CT molecular complexity index is 683. The lowest BCUT2D eigenvalue weighted by atomic mass is 10.2. The Morgan fingerprint density at radius 1 is 1.18 bits per heavy atom. The third-order valence-corrected chi connectivity index (χ3v) is 3.90. The molecule has 3 nitrogen and oxygen atoms in total. The highest BCUT2D eigenvalue weighted by molar-refractivity contribution is 9.10. The third-order valence-electron chi connectivity index (χ3n) is 2.78. The Hall–Kier alpha value is -1.59. The summed E-state index contributed by atoms with van der Waals surface area (Å²) >= 11 is 6.84. The van der Waals surface area contributed by atoms with Crippen molar-refractivity contribution in [2.24, 2.45) is 0 Å². The van der Waals surface area contributed by atoms with E-state index in [-0.39, 0.29) is 12.6 Å². The van der Waals surface area contributed by atoms with E-state index in [4.69, 9.17) is 9.47 Å². The monoisotopic (exact) mass is 424 g/mol. The van der Waals surface area contributed by atoms with Crippen LogP contribution in [0.25, 0.3) is 0 Å². The first-order valence-electron chi connectivity index (χ1n) is 6.55. The lowest BCUT2D eigenvalue weighted by molar-refractivity contribution is 0.0549. The van der Waals surface area contributed by atoms with Gasteiger partial charge in [-0.3, -0.25) is 0 Å². The van der Waals surface area contributed by atoms with Crippen LogP contribution in [-0.2, 0) is 11.3 Å². The maximum absolute atomic E-state index is 11.7. The zero-order valence-electron chi connectivity index (χ0n) is 11.7. The molecule has 114 valence electrons. The second-order valence-corrected chi connectivity index (χ2v) is 6.22. The third kappa shape index (κ3) is 4.71. The molecule has 22 heavy (non-hydrogen) atoms. The smallest absolute Gasteiger partial charge is 0.338 e. The minimum atomic E-state index is -0.390. The second-order valence-electron chi connectivity index (χ2n) is 4.45. The van der Waals surface area contributed by atoms with Crippen molar-refractivity contribution in [2.75, 3.05) is 6.61 Å². The second kappa shape index (κ2) is 8.15. The molecule has 0 N–H and O–H groups in total. The Labute approximate surface area is 146 Å². The average molecular weight is 426 g/mol. The summed E-state index contributed by atoms with van der Waals surface area (Å²) in [6.45, 7) is 4.14. The van der Waals surface area contributed by atoms with Crippen LogP contribution < -0.4 is 4.74 Å². The maximum Gasteiger partial charge on any atom is 0.338 e. The number of halogens is 2. The molecule has 0 spiro atoms. The predicted octanol–water partition coefficient (Wildman–Crippen LogP) is 5.13. The van der Waals surface area contributed by atoms with Crippen LogP contribution in [-0.4, -0.2) is 12.6 Å². The highest BCUT2D eigenvalue weighted by Crippen LogP contribution is 2.27. The molecule has 0 saturated carbocycles. The fourth-order valence-electron chi connectivity index (χ4n) is 1.75. The number of ether oxygens (including phenoxy) is 2. The SMILES string of the molecule is C=CCOC(=O)c1ccc(OCc2cccc(Br)c2)c(Br)c1. The number of hydrogen-bond acceptors (Lipinski definition) is 3. The lowest BCUT2D eigenvalue weighted by Gasteiger charge is -2.10. The van der Waals surface area contributed by atoms with Crippen molar-refractivity contribution in [3.8, 4) is 5.75 Å². The van der Waals surface area contributed by atoms with Gasteiger partial charge in [0.1, 0.15) is 19.0 Å². The molecular weight excluding hydrogens is 412 g/mol. The van der Waals surface area contributed by atoms with Gasteiger partial charge in [0.05, 0.1) is 10.0 Å². The van der Waals surface area contributed by atoms with Crippen molar-refractivity contribution in [1.82, 2.24) is 0 Å². The maximum atomic E-state index is 11.7. The van der Waals surface area contributed by atoms with Gasteiger partial charge in [0.25, 0.3) is 0 Å². The van der Waals surface area contributed by atoms with E-state index in [2.05, 4.69) is 38.4 Å². The number of benzene rings is 2. The number of esters is 1. The zero-order chi connectivity index (χ0) is 15.9. The first-order valence-corrected chi connectivity index (χ1v) is 8.13. The Kier molecular flexibility index (Phi) is 6.21. The zero-order valence-corrected chi connectivity index (χ0v) is 14.9. The molecule has 0 heterocycles. The quantitative estimate of drug-likeness (QED) is 0.475. The molecule has 2 aromatic rings. The van der Waals surface area contributed by atoms with Crippen LogP contribution in [0.3, 0.4) is 0 Å². The van der Waals surface area contributed by atoms with Crippen LogP contribution in [0.4, 0.5) is 0 Å². The molecule has 0 saturated heterocycles. The van der Waals surface area contributed by atoms with Gasteiger partial charge in [-0.05, 0) is 51.8 Å². The molecule has 0 amide bonds. The fraction of sp³-hybridized carbons (Fsp3) is 0.118. The summed E-state index contributed by atoms with van der Waals surface area (Å²) < 4.78 is 12.5. The summed E-state index contributed by atoms with van der Waals surface area (Å²) in [5.41, 5.74) is 1.51. The number of carbonyl (C=O) groups excluding carboxylic acids is 1. The van der Waals surface area contributed by atoms with E-state index in [9.17, 15) is 4.79 Å². The summed E-state index contributed by atoms with van der Waals surface area (Å²) in [5, 5.41) is 0.